The largest absolute Gasteiger partial charge is 0.507 e. The highest BCUT2D eigenvalue weighted by molar-refractivity contribution is 7.99. The fraction of sp³-hybridized carbons (Fsp3) is 0.130. The normalized spacial score (nSPS) is 18.7. The van der Waals surface area contributed by atoms with Crippen molar-refractivity contribution in [3.05, 3.63) is 76.9 Å². The van der Waals surface area contributed by atoms with Gasteiger partial charge in [0.2, 0.25) is 0 Å². The molecule has 148 valence electrons. The molecule has 2 unspecified atom stereocenters. The van der Waals surface area contributed by atoms with Crippen LogP contribution in [0, 0.1) is 0 Å². The van der Waals surface area contributed by atoms with Crippen molar-refractivity contribution in [1.82, 2.24) is 0 Å². The van der Waals surface area contributed by atoms with Crippen molar-refractivity contribution in [2.24, 2.45) is 0 Å². The summed E-state index contributed by atoms with van der Waals surface area (Å²) in [6, 6.07) is 15.4. The summed E-state index contributed by atoms with van der Waals surface area (Å²) in [6.07, 6.45) is 3.06. The van der Waals surface area contributed by atoms with Gasteiger partial charge in [0, 0.05) is 28.5 Å². The molecule has 1 aliphatic heterocycles. The van der Waals surface area contributed by atoms with Gasteiger partial charge in [-0.1, -0.05) is 42.5 Å². The number of hydrogen-bond donors (Lipinski definition) is 5. The van der Waals surface area contributed by atoms with Crippen LogP contribution in [0.3, 0.4) is 0 Å². The quantitative estimate of drug-likeness (QED) is 0.325. The van der Waals surface area contributed by atoms with E-state index in [9.17, 15) is 25.5 Å². The van der Waals surface area contributed by atoms with Crippen molar-refractivity contribution >= 4 is 23.9 Å². The highest BCUT2D eigenvalue weighted by atomic mass is 32.2. The molecule has 2 atom stereocenters. The highest BCUT2D eigenvalue weighted by Gasteiger charge is 2.33. The molecule has 0 aromatic heterocycles. The predicted octanol–water partition coefficient (Wildman–Crippen LogP) is 4.43. The van der Waals surface area contributed by atoms with E-state index in [0.717, 1.165) is 5.56 Å². The first-order valence-electron chi connectivity index (χ1n) is 9.11. The Morgan fingerprint density at radius 1 is 0.793 bits per heavy atom. The zero-order chi connectivity index (χ0) is 20.5. The number of aliphatic hydroxyl groups is 1. The number of hydrogen-bond acceptors (Lipinski definition) is 6. The van der Waals surface area contributed by atoms with E-state index in [0.29, 0.717) is 21.6 Å². The summed E-state index contributed by atoms with van der Waals surface area (Å²) in [7, 11) is 0. The molecule has 0 spiro atoms. The minimum atomic E-state index is -0.808. The Kier molecular flexibility index (Phi) is 5.13. The predicted molar refractivity (Wildman–Crippen MR) is 113 cm³/mol. The van der Waals surface area contributed by atoms with Crippen molar-refractivity contribution < 1.29 is 25.5 Å². The maximum Gasteiger partial charge on any atom is 0.157 e. The Bertz CT molecular complexity index is 1080. The van der Waals surface area contributed by atoms with Crippen LogP contribution in [0.1, 0.15) is 27.5 Å². The number of fused-ring (bicyclic) bond motifs is 1. The number of aliphatic hydroxyl groups excluding tert-OH is 1. The van der Waals surface area contributed by atoms with Gasteiger partial charge >= 0.3 is 0 Å². The van der Waals surface area contributed by atoms with Crippen molar-refractivity contribution in [2.75, 3.05) is 0 Å². The average Bonchev–Trinajstić information content (AvgIpc) is 2.71. The van der Waals surface area contributed by atoms with Gasteiger partial charge in [0.05, 0.1) is 11.4 Å². The van der Waals surface area contributed by atoms with E-state index in [1.807, 2.05) is 36.4 Å². The van der Waals surface area contributed by atoms with Gasteiger partial charge in [0.15, 0.2) is 11.5 Å². The van der Waals surface area contributed by atoms with E-state index < -0.39 is 11.4 Å². The summed E-state index contributed by atoms with van der Waals surface area (Å²) in [4.78, 5) is 0.678. The van der Waals surface area contributed by atoms with Crippen LogP contribution in [-0.2, 0) is 6.42 Å². The first kappa shape index (κ1) is 19.2. The average molecular weight is 408 g/mol. The fourth-order valence-corrected chi connectivity index (χ4v) is 4.88. The standard InChI is InChI=1S/C23H20O5S/c24-17-9-7-14(10-20(17)27)22-21(28)11-16-19(26)12-18(25)15(23(16)29-22)8-6-13-4-2-1-3-5-13/h1-10,12,21-22,24-28H,11H2/b8-6+. The molecule has 1 heterocycles. The van der Waals surface area contributed by atoms with Gasteiger partial charge in [-0.25, -0.2) is 0 Å². The molecule has 5 N–H and O–H groups in total. The van der Waals surface area contributed by atoms with Gasteiger partial charge in [0.1, 0.15) is 11.5 Å². The van der Waals surface area contributed by atoms with Crippen LogP contribution in [0.25, 0.3) is 12.2 Å². The van der Waals surface area contributed by atoms with E-state index in [1.165, 1.54) is 30.0 Å². The smallest absolute Gasteiger partial charge is 0.157 e. The summed E-state index contributed by atoms with van der Waals surface area (Å²) in [5.41, 5.74) is 2.75. The summed E-state index contributed by atoms with van der Waals surface area (Å²) >= 11 is 1.31. The van der Waals surface area contributed by atoms with Gasteiger partial charge in [-0.3, -0.25) is 0 Å². The van der Waals surface area contributed by atoms with Crippen molar-refractivity contribution in [1.29, 1.82) is 0 Å². The van der Waals surface area contributed by atoms with Gasteiger partial charge < -0.3 is 25.5 Å². The van der Waals surface area contributed by atoms with Crippen LogP contribution >= 0.6 is 11.8 Å². The Balaban J connectivity index is 1.76. The van der Waals surface area contributed by atoms with Crippen LogP contribution < -0.4 is 0 Å². The third-order valence-electron chi connectivity index (χ3n) is 4.95. The Hall–Kier alpha value is -3.09. The summed E-state index contributed by atoms with van der Waals surface area (Å²) in [5, 5.41) is 50.4. The molecule has 0 bridgehead atoms. The summed E-state index contributed by atoms with van der Waals surface area (Å²) < 4.78 is 0. The molecule has 5 nitrogen and oxygen atoms in total. The van der Waals surface area contributed by atoms with Crippen molar-refractivity contribution in [3.63, 3.8) is 0 Å². The topological polar surface area (TPSA) is 101 Å². The number of thioether (sulfide) groups is 1. The lowest BCUT2D eigenvalue weighted by atomic mass is 9.96. The van der Waals surface area contributed by atoms with Gasteiger partial charge in [-0.2, -0.15) is 0 Å². The summed E-state index contributed by atoms with van der Waals surface area (Å²) in [6.45, 7) is 0. The summed E-state index contributed by atoms with van der Waals surface area (Å²) in [5.74, 6) is -0.604. The van der Waals surface area contributed by atoms with Gasteiger partial charge in [-0.05, 0) is 29.3 Å². The second-order valence-electron chi connectivity index (χ2n) is 6.94. The van der Waals surface area contributed by atoms with E-state index in [-0.39, 0.29) is 29.4 Å². The Morgan fingerprint density at radius 2 is 1.55 bits per heavy atom. The molecule has 0 radical (unpaired) electrons. The first-order valence-corrected chi connectivity index (χ1v) is 9.99. The second-order valence-corrected chi connectivity index (χ2v) is 8.09. The third kappa shape index (κ3) is 3.77. The Morgan fingerprint density at radius 3 is 2.28 bits per heavy atom. The van der Waals surface area contributed by atoms with Crippen molar-refractivity contribution in [3.8, 4) is 23.0 Å². The molecule has 0 amide bonds. The monoisotopic (exact) mass is 408 g/mol. The molecule has 1 aliphatic rings. The molecule has 6 heteroatoms. The number of benzene rings is 3. The number of rotatable bonds is 3. The van der Waals surface area contributed by atoms with Crippen LogP contribution in [0.5, 0.6) is 23.0 Å². The zero-order valence-electron chi connectivity index (χ0n) is 15.4. The molecule has 4 rings (SSSR count). The molecule has 3 aromatic rings. The number of phenols is 4. The van der Waals surface area contributed by atoms with Crippen molar-refractivity contribution in [2.45, 2.75) is 22.7 Å². The van der Waals surface area contributed by atoms with Crippen LogP contribution in [0.2, 0.25) is 0 Å². The fourth-order valence-electron chi connectivity index (χ4n) is 3.46. The minimum absolute atomic E-state index is 0.0513. The molecular formula is C23H20O5S. The molecule has 29 heavy (non-hydrogen) atoms. The molecule has 0 fully saturated rings. The molecule has 0 saturated carbocycles. The lowest BCUT2D eigenvalue weighted by Crippen LogP contribution is -2.23. The zero-order valence-corrected chi connectivity index (χ0v) is 16.2. The van der Waals surface area contributed by atoms with Gasteiger partial charge in [0.25, 0.3) is 0 Å². The third-order valence-corrected chi connectivity index (χ3v) is 6.50. The number of aromatic hydroxyl groups is 4. The minimum Gasteiger partial charge on any atom is -0.507 e. The first-order chi connectivity index (χ1) is 13.9. The maximum atomic E-state index is 10.7. The van der Waals surface area contributed by atoms with E-state index >= 15 is 0 Å². The van der Waals surface area contributed by atoms with E-state index in [2.05, 4.69) is 0 Å². The van der Waals surface area contributed by atoms with Gasteiger partial charge in [-0.15, -0.1) is 11.8 Å². The van der Waals surface area contributed by atoms with E-state index in [1.54, 1.807) is 12.1 Å². The molecule has 0 aliphatic carbocycles. The number of phenolic OH excluding ortho intramolecular Hbond substituents is 4. The molecular weight excluding hydrogens is 388 g/mol. The maximum absolute atomic E-state index is 10.7. The SMILES string of the molecule is Oc1ccc(C2Sc3c(/C=C/c4ccccc4)c(O)cc(O)c3CC2O)cc1O. The lowest BCUT2D eigenvalue weighted by Gasteiger charge is -2.31. The van der Waals surface area contributed by atoms with Crippen LogP contribution in [0.4, 0.5) is 0 Å². The molecule has 0 saturated heterocycles. The van der Waals surface area contributed by atoms with E-state index in [4.69, 9.17) is 0 Å². The lowest BCUT2D eigenvalue weighted by molar-refractivity contribution is 0.167. The second kappa shape index (κ2) is 7.73. The van der Waals surface area contributed by atoms with Crippen LogP contribution in [-0.4, -0.2) is 31.6 Å². The van der Waals surface area contributed by atoms with Crippen LogP contribution in [0.15, 0.2) is 59.5 Å². The Labute approximate surface area is 172 Å². The molecule has 3 aromatic carbocycles. The highest BCUT2D eigenvalue weighted by Crippen LogP contribution is 2.51.